The van der Waals surface area contributed by atoms with E-state index in [1.807, 2.05) is 0 Å². The van der Waals surface area contributed by atoms with Gasteiger partial charge in [0.1, 0.15) is 49.3 Å². The molecule has 2 fully saturated rings. The Morgan fingerprint density at radius 1 is 0.765 bits per heavy atom. The highest BCUT2D eigenvalue weighted by Crippen LogP contribution is 2.29. The van der Waals surface area contributed by atoms with Crippen molar-refractivity contribution in [3.05, 3.63) is 24.3 Å². The third-order valence-electron chi connectivity index (χ3n) is 5.01. The van der Waals surface area contributed by atoms with E-state index >= 15 is 0 Å². The third kappa shape index (κ3) is 5.03. The normalized spacial score (nSPS) is 32.9. The summed E-state index contributed by atoms with van der Waals surface area (Å²) in [5, 5.41) is 63.6. The maximum absolute atomic E-state index is 10.8. The van der Waals surface area contributed by atoms with Gasteiger partial charge in [0.2, 0.25) is 11.6 Å². The van der Waals surface area contributed by atoms with E-state index in [0.29, 0.717) is 0 Å². The Kier molecular flexibility index (Phi) is 7.84. The second-order valence-corrected chi connectivity index (χ2v) is 7.28. The monoisotopic (exact) mass is 488 g/mol. The smallest absolute Gasteiger partial charge is 0.288 e. The van der Waals surface area contributed by atoms with Crippen molar-refractivity contribution >= 4 is 11.8 Å². The molecule has 34 heavy (non-hydrogen) atoms. The van der Waals surface area contributed by atoms with Gasteiger partial charge in [0.05, 0.1) is 13.2 Å². The van der Waals surface area contributed by atoms with Gasteiger partial charge < -0.3 is 51.6 Å². The quantitative estimate of drug-likeness (QED) is 0.188. The summed E-state index contributed by atoms with van der Waals surface area (Å²) in [6.45, 7) is -0.877. The van der Waals surface area contributed by atoms with Gasteiger partial charge in [-0.1, -0.05) is 0 Å². The van der Waals surface area contributed by atoms with Crippen molar-refractivity contribution in [2.45, 2.75) is 49.1 Å². The Balaban J connectivity index is 0.000000191. The van der Waals surface area contributed by atoms with Gasteiger partial charge in [0, 0.05) is 0 Å². The van der Waals surface area contributed by atoms with Crippen LogP contribution in [0.4, 0.5) is 0 Å². The van der Waals surface area contributed by atoms with Crippen molar-refractivity contribution in [3.8, 4) is 0 Å². The number of hydrogen-bond acceptors (Lipinski definition) is 14. The number of ether oxygens (including phenoxy) is 2. The zero-order chi connectivity index (χ0) is 25.2. The Hall–Kier alpha value is -3.10. The molecule has 0 saturated carbocycles. The Bertz CT molecular complexity index is 922. The average Bonchev–Trinajstić information content (AvgIpc) is 3.58. The fraction of sp³-hybridized carbons (Fsp3) is 0.625. The average molecular weight is 488 g/mol. The van der Waals surface area contributed by atoms with Gasteiger partial charge in [-0.05, 0) is 0 Å². The van der Waals surface area contributed by atoms with Crippen molar-refractivity contribution in [1.82, 2.24) is 29.5 Å². The predicted octanol–water partition coefficient (Wildman–Crippen LogP) is -6.02. The van der Waals surface area contributed by atoms with Crippen LogP contribution in [0.5, 0.6) is 0 Å². The first-order valence-corrected chi connectivity index (χ1v) is 9.75. The van der Waals surface area contributed by atoms with E-state index in [1.165, 1.54) is 0 Å². The molecule has 188 valence electrons. The number of carbonyl (C=O) groups is 2. The molecule has 4 rings (SSSR count). The molecule has 0 radical (unpaired) electrons. The molecule has 2 amide bonds. The van der Waals surface area contributed by atoms with Gasteiger partial charge in [-0.2, -0.15) is 0 Å². The molecule has 8 atom stereocenters. The van der Waals surface area contributed by atoms with Crippen LogP contribution in [0.1, 0.15) is 33.7 Å². The molecule has 0 aromatic carbocycles. The van der Waals surface area contributed by atoms with Crippen LogP contribution in [-0.2, 0) is 9.47 Å². The molecule has 2 aliphatic rings. The van der Waals surface area contributed by atoms with Gasteiger partial charge >= 0.3 is 0 Å². The number of carbonyl (C=O) groups excluding carboxylic acids is 2. The highest BCUT2D eigenvalue weighted by atomic mass is 16.6. The molecule has 2 aromatic rings. The maximum Gasteiger partial charge on any atom is 0.288 e. The molecule has 18 nitrogen and oxygen atoms in total. The second kappa shape index (κ2) is 10.4. The van der Waals surface area contributed by atoms with E-state index in [0.717, 1.165) is 22.0 Å². The number of nitrogens with two attached hydrogens (primary N) is 2. The number of amides is 2. The summed E-state index contributed by atoms with van der Waals surface area (Å²) in [5.41, 5.74) is 9.94. The molecular formula is C16H24N8O10. The Morgan fingerprint density at radius 2 is 1.12 bits per heavy atom. The molecule has 0 spiro atoms. The molecule has 2 saturated heterocycles. The number of nitrogens with zero attached hydrogens (tertiary/aromatic N) is 6. The lowest BCUT2D eigenvalue weighted by Gasteiger charge is -2.13. The lowest BCUT2D eigenvalue weighted by Crippen LogP contribution is -2.33. The van der Waals surface area contributed by atoms with Crippen LogP contribution in [0.25, 0.3) is 0 Å². The zero-order valence-electron chi connectivity index (χ0n) is 17.3. The topological polar surface area (TPSA) is 287 Å². The number of aromatic nitrogens is 6. The van der Waals surface area contributed by atoms with Gasteiger partial charge in [0.15, 0.2) is 12.5 Å². The van der Waals surface area contributed by atoms with Gasteiger partial charge in [-0.15, -0.1) is 10.2 Å². The van der Waals surface area contributed by atoms with Crippen molar-refractivity contribution in [3.63, 3.8) is 0 Å². The number of primary amides is 2. The van der Waals surface area contributed by atoms with Crippen LogP contribution in [0.3, 0.4) is 0 Å². The first kappa shape index (κ1) is 25.5. The summed E-state index contributed by atoms with van der Waals surface area (Å²) in [6, 6.07) is 0. The summed E-state index contributed by atoms with van der Waals surface area (Å²) in [5.74, 6) is -2.06. The molecule has 4 heterocycles. The van der Waals surface area contributed by atoms with E-state index in [9.17, 15) is 30.0 Å². The van der Waals surface area contributed by atoms with E-state index in [1.54, 1.807) is 0 Å². The molecule has 2 aliphatic heterocycles. The summed E-state index contributed by atoms with van der Waals surface area (Å²) < 4.78 is 12.5. The Labute approximate surface area is 190 Å². The summed E-state index contributed by atoms with van der Waals surface area (Å²) >= 11 is 0. The minimum Gasteiger partial charge on any atom is -0.394 e. The molecule has 0 bridgehead atoms. The second-order valence-electron chi connectivity index (χ2n) is 7.28. The fourth-order valence-electron chi connectivity index (χ4n) is 3.22. The number of rotatable bonds is 6. The standard InChI is InChI=1S/2C8H12N4O5/c2*9-6(16)7-10-2-12(11-7)8-5(15)4(14)3(1-13)17-8/h2*2-5,8,13-15H,1H2,(H2,9,16)/t2*3-,4-,5-,8-/m11/s1. The number of aliphatic hydroxyl groups is 6. The van der Waals surface area contributed by atoms with Crippen LogP contribution < -0.4 is 11.5 Å². The van der Waals surface area contributed by atoms with E-state index in [-0.39, 0.29) is 11.6 Å². The van der Waals surface area contributed by atoms with Crippen LogP contribution in [0, 0.1) is 0 Å². The van der Waals surface area contributed by atoms with Crippen molar-refractivity contribution < 1.29 is 49.7 Å². The van der Waals surface area contributed by atoms with E-state index in [2.05, 4.69) is 20.2 Å². The highest BCUT2D eigenvalue weighted by molar-refractivity contribution is 5.88. The first-order chi connectivity index (χ1) is 16.1. The fourth-order valence-corrected chi connectivity index (χ4v) is 3.22. The van der Waals surface area contributed by atoms with Crippen LogP contribution in [0.15, 0.2) is 12.7 Å². The summed E-state index contributed by atoms with van der Waals surface area (Å²) in [7, 11) is 0. The predicted molar refractivity (Wildman–Crippen MR) is 103 cm³/mol. The minimum atomic E-state index is -1.27. The molecule has 18 heteroatoms. The molecular weight excluding hydrogens is 464 g/mol. The highest BCUT2D eigenvalue weighted by Gasteiger charge is 2.45. The SMILES string of the molecule is NC(=O)c1ncn([C@@H]2O[C@H](CO)[C@@H](O)[C@H]2O)n1.NC(=O)c1ncn([C@@H]2O[C@H](CO)[C@@H](O)[C@H]2O)n1. The molecule has 0 aliphatic carbocycles. The summed E-state index contributed by atoms with van der Waals surface area (Å²) in [6.07, 6.45) is -6.53. The largest absolute Gasteiger partial charge is 0.394 e. The minimum absolute atomic E-state index is 0.220. The maximum atomic E-state index is 10.8. The van der Waals surface area contributed by atoms with Crippen LogP contribution in [0.2, 0.25) is 0 Å². The van der Waals surface area contributed by atoms with Crippen LogP contribution in [-0.4, -0.2) is 122 Å². The first-order valence-electron chi connectivity index (χ1n) is 9.75. The van der Waals surface area contributed by atoms with Crippen molar-refractivity contribution in [2.75, 3.05) is 13.2 Å². The molecule has 10 N–H and O–H groups in total. The van der Waals surface area contributed by atoms with Gasteiger partial charge in [-0.25, -0.2) is 19.3 Å². The lowest BCUT2D eigenvalue weighted by atomic mass is 10.1. The van der Waals surface area contributed by atoms with Crippen molar-refractivity contribution in [1.29, 1.82) is 0 Å². The van der Waals surface area contributed by atoms with Crippen LogP contribution >= 0.6 is 0 Å². The van der Waals surface area contributed by atoms with Gasteiger partial charge in [0.25, 0.3) is 11.8 Å². The zero-order valence-corrected chi connectivity index (χ0v) is 17.3. The molecule has 0 unspecified atom stereocenters. The summed E-state index contributed by atoms with van der Waals surface area (Å²) in [4.78, 5) is 28.8. The lowest BCUT2D eigenvalue weighted by molar-refractivity contribution is -0.0588. The Morgan fingerprint density at radius 3 is 1.35 bits per heavy atom. The van der Waals surface area contributed by atoms with E-state index < -0.39 is 74.1 Å². The molecule has 2 aromatic heterocycles. The van der Waals surface area contributed by atoms with Gasteiger partial charge in [-0.3, -0.25) is 9.59 Å². The number of aliphatic hydroxyl groups excluding tert-OH is 6. The number of hydrogen-bond donors (Lipinski definition) is 8. The van der Waals surface area contributed by atoms with Crippen molar-refractivity contribution in [2.24, 2.45) is 11.5 Å². The van der Waals surface area contributed by atoms with E-state index in [4.69, 9.17) is 31.2 Å². The third-order valence-corrected chi connectivity index (χ3v) is 5.01.